The number of para-hydroxylation sites is 1. The zero-order valence-electron chi connectivity index (χ0n) is 9.92. The molecule has 0 spiro atoms. The normalized spacial score (nSPS) is 13.1. The second-order valence-corrected chi connectivity index (χ2v) is 4.33. The molecular formula is C14H14N2O. The molecule has 0 amide bonds. The second kappa shape index (κ2) is 3.77. The molecule has 3 aromatic rings. The summed E-state index contributed by atoms with van der Waals surface area (Å²) < 4.78 is 7.13. The zero-order valence-corrected chi connectivity index (χ0v) is 9.92. The average Bonchev–Trinajstić information content (AvgIpc) is 2.97. The molecule has 1 atom stereocenters. The Bertz CT molecular complexity index is 637. The van der Waals surface area contributed by atoms with Gasteiger partial charge in [-0.2, -0.15) is 0 Å². The van der Waals surface area contributed by atoms with Crippen LogP contribution in [0, 0.1) is 0 Å². The summed E-state index contributed by atoms with van der Waals surface area (Å²) in [4.78, 5) is 0. The number of benzene rings is 1. The van der Waals surface area contributed by atoms with Crippen LogP contribution >= 0.6 is 0 Å². The molecule has 0 aliphatic heterocycles. The van der Waals surface area contributed by atoms with E-state index in [4.69, 9.17) is 4.52 Å². The number of hydrogen-bond acceptors (Lipinski definition) is 2. The second-order valence-electron chi connectivity index (χ2n) is 4.33. The van der Waals surface area contributed by atoms with E-state index in [1.54, 1.807) is 6.26 Å². The van der Waals surface area contributed by atoms with Crippen LogP contribution < -0.4 is 0 Å². The number of nitrogens with zero attached hydrogens (tertiary/aromatic N) is 2. The Kier molecular flexibility index (Phi) is 2.25. The molecule has 0 saturated heterocycles. The summed E-state index contributed by atoms with van der Waals surface area (Å²) in [6.45, 7) is 2.14. The topological polar surface area (TPSA) is 31.0 Å². The predicted molar refractivity (Wildman–Crippen MR) is 66.9 cm³/mol. The Labute approximate surface area is 99.6 Å². The first-order chi connectivity index (χ1) is 8.27. The van der Waals surface area contributed by atoms with Gasteiger partial charge in [0.1, 0.15) is 6.26 Å². The maximum atomic E-state index is 4.91. The smallest absolute Gasteiger partial charge is 0.124 e. The number of aryl methyl sites for hydroxylation is 1. The minimum Gasteiger partial charge on any atom is -0.364 e. The van der Waals surface area contributed by atoms with Crippen LogP contribution in [0.15, 0.2) is 47.2 Å². The standard InChI is InChI=1S/C14H14N2O/c1-10(12-7-8-17-15-12)14-9-11-5-3-4-6-13(11)16(14)2/h3-10H,1-2H3. The number of aromatic nitrogens is 2. The molecular weight excluding hydrogens is 212 g/mol. The first kappa shape index (κ1) is 10.1. The van der Waals surface area contributed by atoms with Crippen LogP contribution in [0.2, 0.25) is 0 Å². The minimum absolute atomic E-state index is 0.242. The monoisotopic (exact) mass is 226 g/mol. The lowest BCUT2D eigenvalue weighted by molar-refractivity contribution is 0.409. The molecule has 86 valence electrons. The van der Waals surface area contributed by atoms with Crippen molar-refractivity contribution in [2.45, 2.75) is 12.8 Å². The Morgan fingerprint density at radius 3 is 2.76 bits per heavy atom. The van der Waals surface area contributed by atoms with Crippen molar-refractivity contribution in [1.29, 1.82) is 0 Å². The quantitative estimate of drug-likeness (QED) is 0.671. The Balaban J connectivity index is 2.15. The van der Waals surface area contributed by atoms with Gasteiger partial charge in [0.2, 0.25) is 0 Å². The maximum Gasteiger partial charge on any atom is 0.124 e. The van der Waals surface area contributed by atoms with E-state index in [1.807, 2.05) is 6.07 Å². The molecule has 3 nitrogen and oxygen atoms in total. The fourth-order valence-corrected chi connectivity index (χ4v) is 2.32. The summed E-state index contributed by atoms with van der Waals surface area (Å²) in [7, 11) is 2.09. The third-order valence-corrected chi connectivity index (χ3v) is 3.33. The SMILES string of the molecule is CC(c1ccon1)c1cc2ccccc2n1C. The van der Waals surface area contributed by atoms with Crippen LogP contribution in [0.1, 0.15) is 24.2 Å². The van der Waals surface area contributed by atoms with Crippen LogP contribution in [0.5, 0.6) is 0 Å². The molecule has 2 heterocycles. The first-order valence-corrected chi connectivity index (χ1v) is 5.72. The van der Waals surface area contributed by atoms with Crippen molar-refractivity contribution in [3.8, 4) is 0 Å². The van der Waals surface area contributed by atoms with Crippen molar-refractivity contribution in [2.75, 3.05) is 0 Å². The molecule has 0 N–H and O–H groups in total. The van der Waals surface area contributed by atoms with Gasteiger partial charge in [-0.3, -0.25) is 0 Å². The van der Waals surface area contributed by atoms with Gasteiger partial charge in [-0.05, 0) is 17.5 Å². The van der Waals surface area contributed by atoms with Gasteiger partial charge in [0.15, 0.2) is 0 Å². The highest BCUT2D eigenvalue weighted by molar-refractivity contribution is 5.81. The van der Waals surface area contributed by atoms with E-state index in [0.29, 0.717) is 0 Å². The van der Waals surface area contributed by atoms with Crippen molar-refractivity contribution >= 4 is 10.9 Å². The highest BCUT2D eigenvalue weighted by atomic mass is 16.5. The number of hydrogen-bond donors (Lipinski definition) is 0. The first-order valence-electron chi connectivity index (χ1n) is 5.72. The third-order valence-electron chi connectivity index (χ3n) is 3.33. The Hall–Kier alpha value is -2.03. The average molecular weight is 226 g/mol. The largest absolute Gasteiger partial charge is 0.364 e. The molecule has 1 unspecified atom stereocenters. The van der Waals surface area contributed by atoms with Crippen LogP contribution in [-0.2, 0) is 7.05 Å². The van der Waals surface area contributed by atoms with Crippen molar-refractivity contribution < 1.29 is 4.52 Å². The van der Waals surface area contributed by atoms with E-state index in [9.17, 15) is 0 Å². The maximum absolute atomic E-state index is 4.91. The molecule has 0 aliphatic rings. The van der Waals surface area contributed by atoms with Gasteiger partial charge in [-0.25, -0.2) is 0 Å². The molecule has 0 radical (unpaired) electrons. The summed E-state index contributed by atoms with van der Waals surface area (Å²) in [6, 6.07) is 12.5. The van der Waals surface area contributed by atoms with Crippen molar-refractivity contribution in [2.24, 2.45) is 7.05 Å². The molecule has 2 aromatic heterocycles. The Morgan fingerprint density at radius 1 is 1.24 bits per heavy atom. The summed E-state index contributed by atoms with van der Waals surface area (Å²) in [5.74, 6) is 0.242. The van der Waals surface area contributed by atoms with E-state index in [1.165, 1.54) is 16.6 Å². The van der Waals surface area contributed by atoms with Gasteiger partial charge in [-0.15, -0.1) is 0 Å². The molecule has 17 heavy (non-hydrogen) atoms. The molecule has 3 heteroatoms. The zero-order chi connectivity index (χ0) is 11.8. The van der Waals surface area contributed by atoms with E-state index in [2.05, 4.69) is 54.0 Å². The fraction of sp³-hybridized carbons (Fsp3) is 0.214. The van der Waals surface area contributed by atoms with Gasteiger partial charge in [-0.1, -0.05) is 30.3 Å². The van der Waals surface area contributed by atoms with E-state index < -0.39 is 0 Å². The van der Waals surface area contributed by atoms with Crippen LogP contribution in [-0.4, -0.2) is 9.72 Å². The minimum atomic E-state index is 0.242. The highest BCUT2D eigenvalue weighted by Gasteiger charge is 2.16. The summed E-state index contributed by atoms with van der Waals surface area (Å²) in [6.07, 6.45) is 1.62. The van der Waals surface area contributed by atoms with Crippen LogP contribution in [0.4, 0.5) is 0 Å². The lowest BCUT2D eigenvalue weighted by Crippen LogP contribution is -2.02. The van der Waals surface area contributed by atoms with Gasteiger partial charge < -0.3 is 9.09 Å². The van der Waals surface area contributed by atoms with Gasteiger partial charge in [0, 0.05) is 30.2 Å². The summed E-state index contributed by atoms with van der Waals surface area (Å²) in [5.41, 5.74) is 3.47. The molecule has 0 aliphatic carbocycles. The van der Waals surface area contributed by atoms with Crippen LogP contribution in [0.25, 0.3) is 10.9 Å². The molecule has 3 rings (SSSR count). The van der Waals surface area contributed by atoms with E-state index in [-0.39, 0.29) is 5.92 Å². The van der Waals surface area contributed by atoms with E-state index >= 15 is 0 Å². The summed E-state index contributed by atoms with van der Waals surface area (Å²) >= 11 is 0. The molecule has 0 bridgehead atoms. The van der Waals surface area contributed by atoms with Crippen LogP contribution in [0.3, 0.4) is 0 Å². The molecule has 1 aromatic carbocycles. The molecule has 0 fully saturated rings. The van der Waals surface area contributed by atoms with Gasteiger partial charge in [0.25, 0.3) is 0 Å². The Morgan fingerprint density at radius 2 is 2.06 bits per heavy atom. The number of fused-ring (bicyclic) bond motifs is 1. The lowest BCUT2D eigenvalue weighted by atomic mass is 10.0. The van der Waals surface area contributed by atoms with Crippen molar-refractivity contribution in [3.05, 3.63) is 54.0 Å². The lowest BCUT2D eigenvalue weighted by Gasteiger charge is -2.09. The van der Waals surface area contributed by atoms with Crippen molar-refractivity contribution in [1.82, 2.24) is 9.72 Å². The predicted octanol–water partition coefficient (Wildman–Crippen LogP) is 3.32. The van der Waals surface area contributed by atoms with E-state index in [0.717, 1.165) is 5.69 Å². The highest BCUT2D eigenvalue weighted by Crippen LogP contribution is 2.28. The fourth-order valence-electron chi connectivity index (χ4n) is 2.32. The third kappa shape index (κ3) is 1.55. The van der Waals surface area contributed by atoms with Gasteiger partial charge >= 0.3 is 0 Å². The number of rotatable bonds is 2. The summed E-state index contributed by atoms with van der Waals surface area (Å²) in [5, 5.41) is 5.28. The van der Waals surface area contributed by atoms with Gasteiger partial charge in [0.05, 0.1) is 5.69 Å². The molecule has 0 saturated carbocycles. The van der Waals surface area contributed by atoms with Crippen molar-refractivity contribution in [3.63, 3.8) is 0 Å².